The lowest BCUT2D eigenvalue weighted by atomic mass is 10.2. The number of nitrogens with zero attached hydrogens (tertiary/aromatic N) is 3. The van der Waals surface area contributed by atoms with E-state index in [9.17, 15) is 9.59 Å². The van der Waals surface area contributed by atoms with Crippen LogP contribution in [0, 0.1) is 6.92 Å². The predicted molar refractivity (Wildman–Crippen MR) is 114 cm³/mol. The van der Waals surface area contributed by atoms with E-state index in [1.165, 1.54) is 4.68 Å². The molecule has 1 aromatic carbocycles. The number of hydrogen-bond donors (Lipinski definition) is 2. The molecule has 1 amide bonds. The lowest BCUT2D eigenvalue weighted by Crippen LogP contribution is -2.21. The van der Waals surface area contributed by atoms with Crippen LogP contribution in [0.5, 0.6) is 5.75 Å². The molecule has 30 heavy (non-hydrogen) atoms. The molecule has 0 saturated heterocycles. The fourth-order valence-corrected chi connectivity index (χ4v) is 3.50. The van der Waals surface area contributed by atoms with E-state index in [2.05, 4.69) is 27.3 Å². The molecule has 2 heterocycles. The molecule has 2 aromatic heterocycles. The van der Waals surface area contributed by atoms with Crippen molar-refractivity contribution in [3.8, 4) is 11.7 Å². The molecule has 0 aliphatic heterocycles. The van der Waals surface area contributed by atoms with Crippen LogP contribution in [0.15, 0.2) is 35.1 Å². The lowest BCUT2D eigenvalue weighted by molar-refractivity contribution is 0.102. The van der Waals surface area contributed by atoms with Crippen LogP contribution in [0.25, 0.3) is 5.95 Å². The van der Waals surface area contributed by atoms with Gasteiger partial charge in [0, 0.05) is 17.2 Å². The maximum atomic E-state index is 12.7. The first-order valence-electron chi connectivity index (χ1n) is 10.3. The standard InChI is InChI=1S/C22H25N5O3/c1-3-4-12-30-16-10-8-15(9-11-16)20(28)24-19-13-14(2)26-27(19)22-23-18-7-5-6-17(18)21(29)25-22/h8-11,13H,3-7,12H2,1-2H3,(H,24,28)(H,23,25,29). The van der Waals surface area contributed by atoms with Gasteiger partial charge in [-0.05, 0) is 56.9 Å². The van der Waals surface area contributed by atoms with E-state index in [0.29, 0.717) is 29.6 Å². The molecule has 156 valence electrons. The number of aromatic nitrogens is 4. The topological polar surface area (TPSA) is 102 Å². The number of carbonyl (C=O) groups is 1. The van der Waals surface area contributed by atoms with E-state index >= 15 is 0 Å². The third kappa shape index (κ3) is 4.12. The number of unbranched alkanes of at least 4 members (excludes halogenated alkanes) is 1. The summed E-state index contributed by atoms with van der Waals surface area (Å²) in [6.07, 6.45) is 4.51. The highest BCUT2D eigenvalue weighted by Crippen LogP contribution is 2.20. The molecule has 3 aromatic rings. The van der Waals surface area contributed by atoms with E-state index in [1.807, 2.05) is 6.92 Å². The summed E-state index contributed by atoms with van der Waals surface area (Å²) in [6, 6.07) is 8.76. The number of hydrogen-bond acceptors (Lipinski definition) is 5. The Kier molecular flexibility index (Phi) is 5.65. The number of H-pyrrole nitrogens is 1. The molecular formula is C22H25N5O3. The molecule has 0 atom stereocenters. The molecule has 0 bridgehead atoms. The minimum Gasteiger partial charge on any atom is -0.494 e. The van der Waals surface area contributed by atoms with Crippen molar-refractivity contribution in [1.29, 1.82) is 0 Å². The van der Waals surface area contributed by atoms with Crippen LogP contribution in [0.3, 0.4) is 0 Å². The van der Waals surface area contributed by atoms with Crippen LogP contribution in [0.1, 0.15) is 53.5 Å². The SMILES string of the molecule is CCCCOc1ccc(C(=O)Nc2cc(C)nn2-c2nc3c(c(=O)[nH]2)CCC3)cc1. The largest absolute Gasteiger partial charge is 0.494 e. The molecule has 1 aliphatic carbocycles. The summed E-state index contributed by atoms with van der Waals surface area (Å²) in [7, 11) is 0. The fraction of sp³-hybridized carbons (Fsp3) is 0.364. The molecule has 8 heteroatoms. The molecule has 0 unspecified atom stereocenters. The zero-order valence-corrected chi connectivity index (χ0v) is 17.2. The number of nitrogens with one attached hydrogen (secondary N) is 2. The van der Waals surface area contributed by atoms with Crippen LogP contribution in [-0.4, -0.2) is 32.3 Å². The van der Waals surface area contributed by atoms with Gasteiger partial charge in [0.1, 0.15) is 11.6 Å². The quantitative estimate of drug-likeness (QED) is 0.586. The van der Waals surface area contributed by atoms with Gasteiger partial charge in [-0.25, -0.2) is 4.98 Å². The normalized spacial score (nSPS) is 12.6. The maximum absolute atomic E-state index is 12.7. The Hall–Kier alpha value is -3.42. The second-order valence-corrected chi connectivity index (χ2v) is 7.43. The van der Waals surface area contributed by atoms with Crippen LogP contribution < -0.4 is 15.6 Å². The molecule has 0 saturated carbocycles. The maximum Gasteiger partial charge on any atom is 0.256 e. The Morgan fingerprint density at radius 1 is 1.27 bits per heavy atom. The highest BCUT2D eigenvalue weighted by molar-refractivity contribution is 6.04. The third-order valence-electron chi connectivity index (χ3n) is 5.09. The second-order valence-electron chi connectivity index (χ2n) is 7.43. The van der Waals surface area contributed by atoms with E-state index in [-0.39, 0.29) is 11.5 Å². The van der Waals surface area contributed by atoms with Crippen LogP contribution >= 0.6 is 0 Å². The van der Waals surface area contributed by atoms with Crippen LogP contribution in [0.2, 0.25) is 0 Å². The number of aromatic amines is 1. The van der Waals surface area contributed by atoms with Gasteiger partial charge >= 0.3 is 0 Å². The predicted octanol–water partition coefficient (Wildman–Crippen LogP) is 3.18. The molecule has 1 aliphatic rings. The van der Waals surface area contributed by atoms with Gasteiger partial charge in [-0.2, -0.15) is 9.78 Å². The van der Waals surface area contributed by atoms with Crippen molar-refractivity contribution in [2.75, 3.05) is 11.9 Å². The summed E-state index contributed by atoms with van der Waals surface area (Å²) in [5.41, 5.74) is 2.61. The van der Waals surface area contributed by atoms with E-state index < -0.39 is 0 Å². The summed E-state index contributed by atoms with van der Waals surface area (Å²) in [5.74, 6) is 1.21. The summed E-state index contributed by atoms with van der Waals surface area (Å²) < 4.78 is 7.11. The van der Waals surface area contributed by atoms with Gasteiger partial charge in [-0.3, -0.25) is 14.6 Å². The van der Waals surface area contributed by atoms with E-state index in [1.54, 1.807) is 30.3 Å². The zero-order valence-electron chi connectivity index (χ0n) is 17.2. The van der Waals surface area contributed by atoms with Crippen LogP contribution in [-0.2, 0) is 12.8 Å². The number of carbonyl (C=O) groups excluding carboxylic acids is 1. The Bertz CT molecular complexity index is 1110. The zero-order chi connectivity index (χ0) is 21.1. The average Bonchev–Trinajstić information content (AvgIpc) is 3.35. The van der Waals surface area contributed by atoms with Gasteiger partial charge in [0.05, 0.1) is 18.0 Å². The molecular weight excluding hydrogens is 382 g/mol. The summed E-state index contributed by atoms with van der Waals surface area (Å²) in [5, 5.41) is 7.26. The second kappa shape index (κ2) is 8.52. The smallest absolute Gasteiger partial charge is 0.256 e. The first-order valence-corrected chi connectivity index (χ1v) is 10.3. The minimum absolute atomic E-state index is 0.142. The number of anilines is 1. The number of ether oxygens (including phenoxy) is 1. The fourth-order valence-electron chi connectivity index (χ4n) is 3.50. The third-order valence-corrected chi connectivity index (χ3v) is 5.09. The van der Waals surface area contributed by atoms with Gasteiger partial charge in [0.2, 0.25) is 5.95 Å². The van der Waals surface area contributed by atoms with E-state index in [0.717, 1.165) is 49.1 Å². The van der Waals surface area contributed by atoms with Crippen molar-refractivity contribution in [3.05, 3.63) is 63.2 Å². The van der Waals surface area contributed by atoms with Gasteiger partial charge in [0.25, 0.3) is 11.5 Å². The molecule has 0 fully saturated rings. The average molecular weight is 407 g/mol. The number of benzene rings is 1. The van der Waals surface area contributed by atoms with Gasteiger partial charge < -0.3 is 10.1 Å². The summed E-state index contributed by atoms with van der Waals surface area (Å²) in [6.45, 7) is 4.59. The van der Waals surface area contributed by atoms with Crippen molar-refractivity contribution in [2.45, 2.75) is 46.0 Å². The number of aryl methyl sites for hydroxylation is 2. The Morgan fingerprint density at radius 3 is 2.83 bits per heavy atom. The molecule has 0 radical (unpaired) electrons. The molecule has 0 spiro atoms. The monoisotopic (exact) mass is 407 g/mol. The molecule has 8 nitrogen and oxygen atoms in total. The minimum atomic E-state index is -0.278. The Labute approximate surface area is 174 Å². The van der Waals surface area contributed by atoms with Crippen molar-refractivity contribution in [3.63, 3.8) is 0 Å². The Morgan fingerprint density at radius 2 is 2.07 bits per heavy atom. The first-order chi connectivity index (χ1) is 14.5. The summed E-state index contributed by atoms with van der Waals surface area (Å²) >= 11 is 0. The highest BCUT2D eigenvalue weighted by atomic mass is 16.5. The first kappa shape index (κ1) is 19.9. The van der Waals surface area contributed by atoms with E-state index in [4.69, 9.17) is 4.74 Å². The highest BCUT2D eigenvalue weighted by Gasteiger charge is 2.20. The molecule has 2 N–H and O–H groups in total. The van der Waals surface area contributed by atoms with Crippen LogP contribution in [0.4, 0.5) is 5.82 Å². The van der Waals surface area contributed by atoms with Crippen molar-refractivity contribution >= 4 is 11.7 Å². The summed E-state index contributed by atoms with van der Waals surface area (Å²) in [4.78, 5) is 32.5. The van der Waals surface area contributed by atoms with Crippen molar-refractivity contribution in [2.24, 2.45) is 0 Å². The lowest BCUT2D eigenvalue weighted by Gasteiger charge is -2.10. The van der Waals surface area contributed by atoms with Gasteiger partial charge in [-0.1, -0.05) is 13.3 Å². The van der Waals surface area contributed by atoms with Gasteiger partial charge in [0.15, 0.2) is 0 Å². The number of amides is 1. The Balaban J connectivity index is 1.54. The van der Waals surface area contributed by atoms with Gasteiger partial charge in [-0.15, -0.1) is 0 Å². The van der Waals surface area contributed by atoms with Crippen molar-refractivity contribution in [1.82, 2.24) is 19.7 Å². The number of fused-ring (bicyclic) bond motifs is 1. The van der Waals surface area contributed by atoms with Crippen molar-refractivity contribution < 1.29 is 9.53 Å². The number of rotatable bonds is 7. The molecule has 4 rings (SSSR count).